The molecule has 27 heavy (non-hydrogen) atoms. The van der Waals surface area contributed by atoms with Crippen LogP contribution in [0.2, 0.25) is 0 Å². The number of fused-ring (bicyclic) bond motifs is 1. The maximum absolute atomic E-state index is 12.9. The summed E-state index contributed by atoms with van der Waals surface area (Å²) in [5.74, 6) is 0.122. The molecule has 2 heterocycles. The Hall–Kier alpha value is -2.60. The highest BCUT2D eigenvalue weighted by atomic mass is 16.3. The number of hydrogen-bond donors (Lipinski definition) is 2. The Morgan fingerprint density at radius 3 is 2.67 bits per heavy atom. The van der Waals surface area contributed by atoms with Crippen LogP contribution in [0.4, 0.5) is 0 Å². The summed E-state index contributed by atoms with van der Waals surface area (Å²) in [7, 11) is 0. The molecule has 0 spiro atoms. The van der Waals surface area contributed by atoms with E-state index in [4.69, 9.17) is 4.42 Å². The number of nitrogens with one attached hydrogen (secondary N) is 1. The Balaban J connectivity index is 1.51. The first kappa shape index (κ1) is 17.8. The molecule has 6 heteroatoms. The standard InChI is InChI=1S/C21H24N2O4/c24-17-8-7-14(10-17)12-22-20(25)18-11-15-4-1-2-5-16(15)13-23(18)21(26)19-6-3-9-27-19/h1-6,9,14,17-18,24H,7-8,10-13H2,(H,22,25)/t14-,17-,18-/m1/s1. The van der Waals surface area contributed by atoms with Crippen LogP contribution in [-0.4, -0.2) is 40.5 Å². The highest BCUT2D eigenvalue weighted by molar-refractivity contribution is 5.96. The van der Waals surface area contributed by atoms with Crippen molar-refractivity contribution in [1.82, 2.24) is 10.2 Å². The Bertz CT molecular complexity index is 817. The monoisotopic (exact) mass is 368 g/mol. The molecule has 1 saturated carbocycles. The van der Waals surface area contributed by atoms with Gasteiger partial charge in [-0.2, -0.15) is 0 Å². The SMILES string of the molecule is O=C(NC[C@@H]1CC[C@@H](O)C1)[C@H]1Cc2ccccc2CN1C(=O)c1ccco1. The lowest BCUT2D eigenvalue weighted by Crippen LogP contribution is -2.53. The van der Waals surface area contributed by atoms with E-state index in [1.807, 2.05) is 24.3 Å². The minimum Gasteiger partial charge on any atom is -0.459 e. The number of nitrogens with zero attached hydrogens (tertiary/aromatic N) is 1. The molecule has 0 unspecified atom stereocenters. The van der Waals surface area contributed by atoms with E-state index >= 15 is 0 Å². The zero-order chi connectivity index (χ0) is 18.8. The van der Waals surface area contributed by atoms with E-state index < -0.39 is 6.04 Å². The highest BCUT2D eigenvalue weighted by Crippen LogP contribution is 2.27. The van der Waals surface area contributed by atoms with E-state index in [-0.39, 0.29) is 23.7 Å². The molecule has 1 aliphatic heterocycles. The van der Waals surface area contributed by atoms with E-state index in [0.29, 0.717) is 25.4 Å². The molecule has 1 aliphatic carbocycles. The summed E-state index contributed by atoms with van der Waals surface area (Å²) < 4.78 is 5.27. The van der Waals surface area contributed by atoms with Gasteiger partial charge in [-0.15, -0.1) is 0 Å². The maximum atomic E-state index is 12.9. The molecular formula is C21H24N2O4. The van der Waals surface area contributed by atoms with Crippen LogP contribution < -0.4 is 5.32 Å². The number of furan rings is 1. The average Bonchev–Trinajstić information content (AvgIpc) is 3.36. The van der Waals surface area contributed by atoms with Crippen molar-refractivity contribution in [2.75, 3.05) is 6.54 Å². The van der Waals surface area contributed by atoms with Gasteiger partial charge in [0.15, 0.2) is 5.76 Å². The molecule has 0 bridgehead atoms. The van der Waals surface area contributed by atoms with Gasteiger partial charge in [-0.05, 0) is 48.4 Å². The van der Waals surface area contributed by atoms with Gasteiger partial charge in [0.05, 0.1) is 12.4 Å². The molecule has 2 aliphatic rings. The Kier molecular flexibility index (Phi) is 4.99. The normalized spacial score (nSPS) is 24.5. The summed E-state index contributed by atoms with van der Waals surface area (Å²) in [6.07, 6.45) is 4.13. The van der Waals surface area contributed by atoms with Crippen molar-refractivity contribution in [1.29, 1.82) is 0 Å². The second-order valence-corrected chi connectivity index (χ2v) is 7.48. The largest absolute Gasteiger partial charge is 0.459 e. The van der Waals surface area contributed by atoms with Crippen LogP contribution >= 0.6 is 0 Å². The number of aliphatic hydroxyl groups is 1. The summed E-state index contributed by atoms with van der Waals surface area (Å²) in [6.45, 7) is 0.923. The Labute approximate surface area is 158 Å². The summed E-state index contributed by atoms with van der Waals surface area (Å²) >= 11 is 0. The van der Waals surface area contributed by atoms with E-state index in [1.54, 1.807) is 17.0 Å². The van der Waals surface area contributed by atoms with Crippen LogP contribution in [0.1, 0.15) is 40.9 Å². The molecule has 1 aromatic heterocycles. The third kappa shape index (κ3) is 3.76. The van der Waals surface area contributed by atoms with Gasteiger partial charge in [-0.25, -0.2) is 0 Å². The first-order valence-electron chi connectivity index (χ1n) is 9.49. The van der Waals surface area contributed by atoms with Crippen LogP contribution in [-0.2, 0) is 17.8 Å². The van der Waals surface area contributed by atoms with Crippen LogP contribution in [0.5, 0.6) is 0 Å². The van der Waals surface area contributed by atoms with Crippen LogP contribution in [0.15, 0.2) is 47.1 Å². The lowest BCUT2D eigenvalue weighted by molar-refractivity contribution is -0.126. The molecule has 6 nitrogen and oxygen atoms in total. The second kappa shape index (κ2) is 7.56. The lowest BCUT2D eigenvalue weighted by atomic mass is 9.93. The number of carbonyl (C=O) groups is 2. The van der Waals surface area contributed by atoms with Gasteiger partial charge in [0.2, 0.25) is 5.91 Å². The van der Waals surface area contributed by atoms with Crippen LogP contribution in [0.3, 0.4) is 0 Å². The van der Waals surface area contributed by atoms with Crippen molar-refractivity contribution in [3.63, 3.8) is 0 Å². The fraction of sp³-hybridized carbons (Fsp3) is 0.429. The third-order valence-electron chi connectivity index (χ3n) is 5.62. The number of carbonyl (C=O) groups excluding carboxylic acids is 2. The Morgan fingerprint density at radius 2 is 1.96 bits per heavy atom. The molecule has 3 atom stereocenters. The topological polar surface area (TPSA) is 82.8 Å². The smallest absolute Gasteiger partial charge is 0.290 e. The zero-order valence-corrected chi connectivity index (χ0v) is 15.1. The van der Waals surface area contributed by atoms with Crippen LogP contribution in [0, 0.1) is 5.92 Å². The summed E-state index contributed by atoms with van der Waals surface area (Å²) in [5.41, 5.74) is 2.15. The van der Waals surface area contributed by atoms with Crippen molar-refractivity contribution in [3.8, 4) is 0 Å². The maximum Gasteiger partial charge on any atom is 0.290 e. The van der Waals surface area contributed by atoms with Crippen molar-refractivity contribution in [3.05, 3.63) is 59.5 Å². The quantitative estimate of drug-likeness (QED) is 0.866. The first-order chi connectivity index (χ1) is 13.1. The minimum absolute atomic E-state index is 0.147. The van der Waals surface area contributed by atoms with E-state index in [2.05, 4.69) is 5.32 Å². The molecule has 0 saturated heterocycles. The Morgan fingerprint density at radius 1 is 1.15 bits per heavy atom. The van der Waals surface area contributed by atoms with Gasteiger partial charge < -0.3 is 19.7 Å². The molecular weight excluding hydrogens is 344 g/mol. The molecule has 1 aromatic carbocycles. The van der Waals surface area contributed by atoms with Gasteiger partial charge in [-0.1, -0.05) is 24.3 Å². The first-order valence-corrected chi connectivity index (χ1v) is 9.49. The van der Waals surface area contributed by atoms with Crippen molar-refractivity contribution in [2.24, 2.45) is 5.92 Å². The third-order valence-corrected chi connectivity index (χ3v) is 5.62. The molecule has 142 valence electrons. The number of amides is 2. The molecule has 0 radical (unpaired) electrons. The molecule has 2 amide bonds. The van der Waals surface area contributed by atoms with E-state index in [0.717, 1.165) is 30.4 Å². The van der Waals surface area contributed by atoms with Gasteiger partial charge in [0.1, 0.15) is 6.04 Å². The average molecular weight is 368 g/mol. The van der Waals surface area contributed by atoms with Crippen molar-refractivity contribution < 1.29 is 19.1 Å². The van der Waals surface area contributed by atoms with Gasteiger partial charge in [0.25, 0.3) is 5.91 Å². The van der Waals surface area contributed by atoms with Gasteiger partial charge in [0, 0.05) is 19.5 Å². The van der Waals surface area contributed by atoms with E-state index in [1.165, 1.54) is 6.26 Å². The van der Waals surface area contributed by atoms with Crippen LogP contribution in [0.25, 0.3) is 0 Å². The molecule has 2 aromatic rings. The number of aliphatic hydroxyl groups excluding tert-OH is 1. The summed E-state index contributed by atoms with van der Waals surface area (Å²) in [4.78, 5) is 27.4. The van der Waals surface area contributed by atoms with Gasteiger partial charge in [-0.3, -0.25) is 9.59 Å². The zero-order valence-electron chi connectivity index (χ0n) is 15.1. The number of rotatable bonds is 4. The summed E-state index contributed by atoms with van der Waals surface area (Å²) in [6, 6.07) is 10.6. The van der Waals surface area contributed by atoms with Crippen molar-refractivity contribution >= 4 is 11.8 Å². The minimum atomic E-state index is -0.566. The molecule has 4 rings (SSSR count). The fourth-order valence-corrected chi connectivity index (χ4v) is 4.11. The molecule has 2 N–H and O–H groups in total. The van der Waals surface area contributed by atoms with Crippen molar-refractivity contribution in [2.45, 2.75) is 44.4 Å². The molecule has 1 fully saturated rings. The predicted molar refractivity (Wildman–Crippen MR) is 98.9 cm³/mol. The predicted octanol–water partition coefficient (Wildman–Crippen LogP) is 2.12. The second-order valence-electron chi connectivity index (χ2n) is 7.48. The summed E-state index contributed by atoms with van der Waals surface area (Å²) in [5, 5.41) is 12.7. The number of benzene rings is 1. The lowest BCUT2D eigenvalue weighted by Gasteiger charge is -2.35. The highest BCUT2D eigenvalue weighted by Gasteiger charge is 2.36. The number of hydrogen-bond acceptors (Lipinski definition) is 4. The fourth-order valence-electron chi connectivity index (χ4n) is 4.11. The van der Waals surface area contributed by atoms with Gasteiger partial charge >= 0.3 is 0 Å². The van der Waals surface area contributed by atoms with E-state index in [9.17, 15) is 14.7 Å².